The average Bonchev–Trinajstić information content (AvgIpc) is 3.16. The fraction of sp³-hybridized carbons (Fsp3) is 0.238. The second kappa shape index (κ2) is 9.93. The van der Waals surface area contributed by atoms with Crippen molar-refractivity contribution in [3.05, 3.63) is 66.0 Å². The number of nitrogens with one attached hydrogen (secondary N) is 1. The molecule has 0 saturated heterocycles. The van der Waals surface area contributed by atoms with Gasteiger partial charge in [0.25, 0.3) is 0 Å². The third-order valence-electron chi connectivity index (χ3n) is 4.23. The van der Waals surface area contributed by atoms with Crippen molar-refractivity contribution in [3.63, 3.8) is 0 Å². The number of aromatic nitrogens is 3. The molecule has 2 N–H and O–H groups in total. The number of carboxylic acid groups (broad SMARTS) is 1. The quantitative estimate of drug-likeness (QED) is 0.500. The lowest BCUT2D eigenvalue weighted by atomic mass is 10.2. The molecular formula is C21H22N4O4S. The number of aromatic carboxylic acids is 1. The van der Waals surface area contributed by atoms with Gasteiger partial charge < -0.3 is 19.7 Å². The van der Waals surface area contributed by atoms with E-state index in [4.69, 9.17) is 9.84 Å². The Morgan fingerprint density at radius 3 is 2.47 bits per heavy atom. The SMILES string of the molecule is CCn1c(SCC(=O)Nc2ccc(C(=O)O)cc2)nnc1[C@@H](C)Oc1ccccc1. The normalized spacial score (nSPS) is 11.7. The van der Waals surface area contributed by atoms with Crippen LogP contribution < -0.4 is 10.1 Å². The Hall–Kier alpha value is -3.33. The van der Waals surface area contributed by atoms with Crippen molar-refractivity contribution >= 4 is 29.3 Å². The summed E-state index contributed by atoms with van der Waals surface area (Å²) in [4.78, 5) is 23.1. The molecule has 0 radical (unpaired) electrons. The Morgan fingerprint density at radius 2 is 1.83 bits per heavy atom. The van der Waals surface area contributed by atoms with Gasteiger partial charge in [-0.2, -0.15) is 0 Å². The minimum absolute atomic E-state index is 0.146. The summed E-state index contributed by atoms with van der Waals surface area (Å²) in [5, 5.41) is 20.8. The van der Waals surface area contributed by atoms with E-state index in [1.165, 1.54) is 23.9 Å². The van der Waals surface area contributed by atoms with E-state index in [2.05, 4.69) is 15.5 Å². The van der Waals surface area contributed by atoms with E-state index in [0.717, 1.165) is 5.75 Å². The van der Waals surface area contributed by atoms with Crippen LogP contribution in [0.1, 0.15) is 36.1 Å². The van der Waals surface area contributed by atoms with Crippen molar-refractivity contribution in [1.29, 1.82) is 0 Å². The molecule has 8 nitrogen and oxygen atoms in total. The third kappa shape index (κ3) is 5.38. The van der Waals surface area contributed by atoms with Crippen LogP contribution in [0.15, 0.2) is 59.8 Å². The third-order valence-corrected chi connectivity index (χ3v) is 5.20. The van der Waals surface area contributed by atoms with Gasteiger partial charge >= 0.3 is 5.97 Å². The van der Waals surface area contributed by atoms with Crippen LogP contribution in [0.5, 0.6) is 5.75 Å². The van der Waals surface area contributed by atoms with Crippen LogP contribution in [-0.2, 0) is 11.3 Å². The highest BCUT2D eigenvalue weighted by Gasteiger charge is 2.19. The Morgan fingerprint density at radius 1 is 1.13 bits per heavy atom. The molecule has 0 aliphatic rings. The van der Waals surface area contributed by atoms with Crippen LogP contribution in [0.2, 0.25) is 0 Å². The van der Waals surface area contributed by atoms with Crippen molar-refractivity contribution < 1.29 is 19.4 Å². The van der Waals surface area contributed by atoms with Gasteiger partial charge in [0.1, 0.15) is 5.75 Å². The standard InChI is InChI=1S/C21H22N4O4S/c1-3-25-19(14(2)29-17-7-5-4-6-8-17)23-24-21(25)30-13-18(26)22-16-11-9-15(10-12-16)20(27)28/h4-12,14H,3,13H2,1-2H3,(H,22,26)(H,27,28)/t14-/m1/s1. The summed E-state index contributed by atoms with van der Waals surface area (Å²) in [5.74, 6) is 0.353. The Balaban J connectivity index is 1.60. The number of amides is 1. The van der Waals surface area contributed by atoms with Crippen LogP contribution in [0.4, 0.5) is 5.69 Å². The predicted octanol–water partition coefficient (Wildman–Crippen LogP) is 3.87. The number of hydrogen-bond acceptors (Lipinski definition) is 6. The number of carbonyl (C=O) groups is 2. The van der Waals surface area contributed by atoms with Crippen LogP contribution in [0.3, 0.4) is 0 Å². The van der Waals surface area contributed by atoms with Crippen molar-refractivity contribution in [1.82, 2.24) is 14.8 Å². The molecule has 0 aliphatic carbocycles. The number of hydrogen-bond donors (Lipinski definition) is 2. The smallest absolute Gasteiger partial charge is 0.335 e. The topological polar surface area (TPSA) is 106 Å². The van der Waals surface area contributed by atoms with Gasteiger partial charge in [0.2, 0.25) is 5.91 Å². The number of thioether (sulfide) groups is 1. The van der Waals surface area contributed by atoms with Crippen molar-refractivity contribution in [3.8, 4) is 5.75 Å². The number of carboxylic acids is 1. The molecule has 156 valence electrons. The molecule has 0 bridgehead atoms. The summed E-state index contributed by atoms with van der Waals surface area (Å²) in [6.07, 6.45) is -0.296. The second-order valence-corrected chi connectivity index (χ2v) is 7.32. The van der Waals surface area contributed by atoms with Gasteiger partial charge in [0.15, 0.2) is 17.1 Å². The molecule has 0 spiro atoms. The van der Waals surface area contributed by atoms with Crippen LogP contribution in [0, 0.1) is 0 Å². The predicted molar refractivity (Wildman–Crippen MR) is 114 cm³/mol. The molecule has 1 atom stereocenters. The first-order chi connectivity index (χ1) is 14.5. The van der Waals surface area contributed by atoms with Gasteiger partial charge in [-0.05, 0) is 50.2 Å². The lowest BCUT2D eigenvalue weighted by Crippen LogP contribution is -2.15. The van der Waals surface area contributed by atoms with Gasteiger partial charge in [-0.1, -0.05) is 30.0 Å². The van der Waals surface area contributed by atoms with Gasteiger partial charge in [-0.3, -0.25) is 4.79 Å². The summed E-state index contributed by atoms with van der Waals surface area (Å²) in [6, 6.07) is 15.5. The highest BCUT2D eigenvalue weighted by Crippen LogP contribution is 2.24. The van der Waals surface area contributed by atoms with Gasteiger partial charge in [-0.15, -0.1) is 10.2 Å². The lowest BCUT2D eigenvalue weighted by Gasteiger charge is -2.15. The minimum Gasteiger partial charge on any atom is -0.483 e. The van der Waals surface area contributed by atoms with Crippen molar-refractivity contribution in [2.45, 2.75) is 31.7 Å². The summed E-state index contributed by atoms with van der Waals surface area (Å²) in [6.45, 7) is 4.53. The van der Waals surface area contributed by atoms with Gasteiger partial charge in [0.05, 0.1) is 11.3 Å². The number of anilines is 1. The Labute approximate surface area is 178 Å². The number of benzene rings is 2. The summed E-state index contributed by atoms with van der Waals surface area (Å²) in [7, 11) is 0. The maximum absolute atomic E-state index is 12.3. The molecule has 1 aromatic heterocycles. The van der Waals surface area contributed by atoms with E-state index in [9.17, 15) is 9.59 Å². The summed E-state index contributed by atoms with van der Waals surface area (Å²) < 4.78 is 7.86. The number of para-hydroxylation sites is 1. The number of ether oxygens (including phenoxy) is 1. The van der Waals surface area contributed by atoms with E-state index in [-0.39, 0.29) is 23.3 Å². The molecule has 0 aliphatic heterocycles. The zero-order valence-electron chi connectivity index (χ0n) is 16.6. The van der Waals surface area contributed by atoms with E-state index >= 15 is 0 Å². The van der Waals surface area contributed by atoms with E-state index < -0.39 is 5.97 Å². The monoisotopic (exact) mass is 426 g/mol. The molecule has 3 rings (SSSR count). The highest BCUT2D eigenvalue weighted by atomic mass is 32.2. The zero-order chi connectivity index (χ0) is 21.5. The van der Waals surface area contributed by atoms with Crippen molar-refractivity contribution in [2.24, 2.45) is 0 Å². The first-order valence-corrected chi connectivity index (χ1v) is 10.4. The Bertz CT molecular complexity index is 1010. The largest absolute Gasteiger partial charge is 0.483 e. The van der Waals surface area contributed by atoms with Crippen LogP contribution >= 0.6 is 11.8 Å². The first kappa shape index (κ1) is 21.4. The van der Waals surface area contributed by atoms with Gasteiger partial charge in [-0.25, -0.2) is 4.79 Å². The van der Waals surface area contributed by atoms with Crippen LogP contribution in [0.25, 0.3) is 0 Å². The Kier molecular flexibility index (Phi) is 7.08. The fourth-order valence-electron chi connectivity index (χ4n) is 2.78. The van der Waals surface area contributed by atoms with Crippen molar-refractivity contribution in [2.75, 3.05) is 11.1 Å². The number of carbonyl (C=O) groups excluding carboxylic acids is 1. The molecule has 1 heterocycles. The average molecular weight is 426 g/mol. The molecule has 0 saturated carbocycles. The van der Waals surface area contributed by atoms with E-state index in [1.807, 2.05) is 48.7 Å². The molecule has 0 unspecified atom stereocenters. The maximum Gasteiger partial charge on any atom is 0.335 e. The lowest BCUT2D eigenvalue weighted by molar-refractivity contribution is -0.113. The molecular weight excluding hydrogens is 404 g/mol. The maximum atomic E-state index is 12.3. The van der Waals surface area contributed by atoms with E-state index in [1.54, 1.807) is 12.1 Å². The fourth-order valence-corrected chi connectivity index (χ4v) is 3.59. The second-order valence-electron chi connectivity index (χ2n) is 6.38. The first-order valence-electron chi connectivity index (χ1n) is 9.38. The number of rotatable bonds is 9. The molecule has 2 aromatic carbocycles. The summed E-state index contributed by atoms with van der Waals surface area (Å²) in [5.41, 5.74) is 0.700. The minimum atomic E-state index is -1.01. The molecule has 0 fully saturated rings. The summed E-state index contributed by atoms with van der Waals surface area (Å²) >= 11 is 1.28. The van der Waals surface area contributed by atoms with Gasteiger partial charge in [0, 0.05) is 12.2 Å². The molecule has 3 aromatic rings. The highest BCUT2D eigenvalue weighted by molar-refractivity contribution is 7.99. The number of nitrogens with zero attached hydrogens (tertiary/aromatic N) is 3. The molecule has 9 heteroatoms. The van der Waals surface area contributed by atoms with E-state index in [0.29, 0.717) is 23.2 Å². The molecule has 1 amide bonds. The zero-order valence-corrected chi connectivity index (χ0v) is 17.4. The molecule has 30 heavy (non-hydrogen) atoms. The van der Waals surface area contributed by atoms with Crippen LogP contribution in [-0.4, -0.2) is 37.5 Å².